The van der Waals surface area contributed by atoms with E-state index in [-0.39, 0.29) is 30.3 Å². The molecule has 1 aliphatic rings. The van der Waals surface area contributed by atoms with E-state index in [9.17, 15) is 27.6 Å². The van der Waals surface area contributed by atoms with Crippen LogP contribution in [0.2, 0.25) is 0 Å². The Balaban J connectivity index is 1.55. The van der Waals surface area contributed by atoms with Crippen molar-refractivity contribution in [1.82, 2.24) is 14.3 Å². The van der Waals surface area contributed by atoms with E-state index in [0.29, 0.717) is 19.3 Å². The molecule has 0 spiro atoms. The number of ketones is 1. The molecule has 0 aromatic carbocycles. The van der Waals surface area contributed by atoms with Gasteiger partial charge in [-0.1, -0.05) is 13.3 Å². The van der Waals surface area contributed by atoms with E-state index in [1.807, 2.05) is 6.92 Å². The summed E-state index contributed by atoms with van der Waals surface area (Å²) in [6.07, 6.45) is 0.371. The fourth-order valence-electron chi connectivity index (χ4n) is 2.97. The lowest BCUT2D eigenvalue weighted by atomic mass is 10.2. The van der Waals surface area contributed by atoms with Gasteiger partial charge in [0.2, 0.25) is 0 Å². The number of amides is 2. The molecule has 1 saturated heterocycles. The Labute approximate surface area is 175 Å². The number of allylic oxidation sites excluding steroid dienone is 1. The lowest BCUT2D eigenvalue weighted by molar-refractivity contribution is -0.123. The molecule has 3 heterocycles. The van der Waals surface area contributed by atoms with Gasteiger partial charge in [0.25, 0.3) is 11.7 Å². The van der Waals surface area contributed by atoms with Gasteiger partial charge in [-0.15, -0.1) is 0 Å². The Morgan fingerprint density at radius 3 is 2.77 bits per heavy atom. The summed E-state index contributed by atoms with van der Waals surface area (Å²) in [4.78, 5) is 40.3. The standard InChI is InChI=1S/C20H20F3N3O5/c1-2-3-7-15-18(28)26(19(29)31-15)9-4-5-11-30-14-8-6-10-25-13(12-24-17(14)25)16(27)20(21,22)23/h6-8,10,12H,2-5,9,11H2,1H3/b15-7+. The maximum absolute atomic E-state index is 12.7. The van der Waals surface area contributed by atoms with Gasteiger partial charge in [-0.05, 0) is 37.5 Å². The Morgan fingerprint density at radius 2 is 2.06 bits per heavy atom. The quantitative estimate of drug-likeness (QED) is 0.334. The molecular weight excluding hydrogens is 419 g/mol. The van der Waals surface area contributed by atoms with E-state index in [4.69, 9.17) is 9.47 Å². The molecular formula is C20H20F3N3O5. The first kappa shape index (κ1) is 22.3. The number of alkyl halides is 3. The normalized spacial score (nSPS) is 15.7. The van der Waals surface area contributed by atoms with Crippen LogP contribution in [0.1, 0.15) is 43.1 Å². The number of carbonyl (C=O) groups is 3. The summed E-state index contributed by atoms with van der Waals surface area (Å²) in [5.41, 5.74) is -0.523. The topological polar surface area (TPSA) is 90.2 Å². The van der Waals surface area contributed by atoms with Crippen LogP contribution in [0, 0.1) is 0 Å². The molecule has 0 radical (unpaired) electrons. The van der Waals surface area contributed by atoms with E-state index >= 15 is 0 Å². The molecule has 2 amide bonds. The highest BCUT2D eigenvalue weighted by molar-refractivity contribution is 6.07. The number of ether oxygens (including phenoxy) is 2. The molecule has 0 atom stereocenters. The van der Waals surface area contributed by atoms with Crippen LogP contribution >= 0.6 is 0 Å². The average molecular weight is 439 g/mol. The number of rotatable bonds is 9. The number of carbonyl (C=O) groups excluding carboxylic acids is 3. The lowest BCUT2D eigenvalue weighted by Gasteiger charge is -2.11. The number of nitrogens with zero attached hydrogens (tertiary/aromatic N) is 3. The van der Waals surface area contributed by atoms with E-state index in [1.165, 1.54) is 18.3 Å². The molecule has 3 rings (SSSR count). The van der Waals surface area contributed by atoms with Gasteiger partial charge in [-0.3, -0.25) is 14.0 Å². The maximum Gasteiger partial charge on any atom is 0.456 e. The third kappa shape index (κ3) is 4.86. The molecule has 0 bridgehead atoms. The number of fused-ring (bicyclic) bond motifs is 1. The predicted octanol–water partition coefficient (Wildman–Crippen LogP) is 3.90. The van der Waals surface area contributed by atoms with Gasteiger partial charge in [0.1, 0.15) is 5.69 Å². The second kappa shape index (κ2) is 9.19. The minimum absolute atomic E-state index is 0.0401. The summed E-state index contributed by atoms with van der Waals surface area (Å²) < 4.78 is 49.7. The molecule has 1 aliphatic heterocycles. The van der Waals surface area contributed by atoms with Crippen LogP contribution in [0.4, 0.5) is 18.0 Å². The molecule has 8 nitrogen and oxygen atoms in total. The van der Waals surface area contributed by atoms with Gasteiger partial charge < -0.3 is 9.47 Å². The monoisotopic (exact) mass is 439 g/mol. The van der Waals surface area contributed by atoms with Gasteiger partial charge in [0.05, 0.1) is 12.8 Å². The first-order valence-corrected chi connectivity index (χ1v) is 9.68. The van der Waals surface area contributed by atoms with E-state index in [0.717, 1.165) is 21.9 Å². The first-order chi connectivity index (χ1) is 14.7. The van der Waals surface area contributed by atoms with Crippen molar-refractivity contribution in [2.75, 3.05) is 13.2 Å². The highest BCUT2D eigenvalue weighted by Gasteiger charge is 2.41. The number of aromatic nitrogens is 2. The molecule has 166 valence electrons. The predicted molar refractivity (Wildman–Crippen MR) is 101 cm³/mol. The fourth-order valence-corrected chi connectivity index (χ4v) is 2.97. The largest absolute Gasteiger partial charge is 0.490 e. The zero-order valence-electron chi connectivity index (χ0n) is 16.6. The van der Waals surface area contributed by atoms with Crippen molar-refractivity contribution >= 4 is 23.4 Å². The van der Waals surface area contributed by atoms with Crippen molar-refractivity contribution in [3.05, 3.63) is 42.1 Å². The Hall–Kier alpha value is -3.37. The van der Waals surface area contributed by atoms with Crippen molar-refractivity contribution in [3.8, 4) is 5.75 Å². The molecule has 0 N–H and O–H groups in total. The summed E-state index contributed by atoms with van der Waals surface area (Å²) in [5, 5.41) is 0. The van der Waals surface area contributed by atoms with Crippen molar-refractivity contribution in [2.24, 2.45) is 0 Å². The molecule has 31 heavy (non-hydrogen) atoms. The van der Waals surface area contributed by atoms with Gasteiger partial charge in [-0.2, -0.15) is 13.2 Å². The number of Topliss-reactive ketones (excluding diaryl/α,β-unsaturated/α-hetero) is 1. The number of imide groups is 1. The lowest BCUT2D eigenvalue weighted by Crippen LogP contribution is -2.30. The summed E-state index contributed by atoms with van der Waals surface area (Å²) in [6, 6.07) is 2.97. The van der Waals surface area contributed by atoms with Crippen LogP contribution in [-0.2, 0) is 9.53 Å². The van der Waals surface area contributed by atoms with Crippen LogP contribution in [0.3, 0.4) is 0 Å². The highest BCUT2D eigenvalue weighted by Crippen LogP contribution is 2.25. The van der Waals surface area contributed by atoms with Crippen LogP contribution < -0.4 is 4.74 Å². The van der Waals surface area contributed by atoms with Crippen LogP contribution in [0.5, 0.6) is 5.75 Å². The van der Waals surface area contributed by atoms with Crippen molar-refractivity contribution in [1.29, 1.82) is 0 Å². The maximum atomic E-state index is 12.7. The number of halogens is 3. The van der Waals surface area contributed by atoms with Crippen LogP contribution in [0.25, 0.3) is 5.65 Å². The Bertz CT molecular complexity index is 1030. The minimum Gasteiger partial charge on any atom is -0.490 e. The van der Waals surface area contributed by atoms with Crippen molar-refractivity contribution < 1.29 is 37.0 Å². The molecule has 11 heteroatoms. The first-order valence-electron chi connectivity index (χ1n) is 9.68. The minimum atomic E-state index is -5.01. The van der Waals surface area contributed by atoms with Crippen LogP contribution in [-0.4, -0.2) is 51.4 Å². The summed E-state index contributed by atoms with van der Waals surface area (Å²) in [7, 11) is 0. The number of pyridine rings is 1. The van der Waals surface area contributed by atoms with Gasteiger partial charge >= 0.3 is 12.3 Å². The van der Waals surface area contributed by atoms with Gasteiger partial charge in [0, 0.05) is 12.7 Å². The Kier molecular flexibility index (Phi) is 6.62. The van der Waals surface area contributed by atoms with Crippen LogP contribution in [0.15, 0.2) is 36.4 Å². The van der Waals surface area contributed by atoms with E-state index < -0.39 is 29.7 Å². The number of unbranched alkanes of at least 4 members (excludes halogenated alkanes) is 2. The second-order valence-electron chi connectivity index (χ2n) is 6.77. The fraction of sp³-hybridized carbons (Fsp3) is 0.400. The molecule has 2 aromatic heterocycles. The molecule has 1 fully saturated rings. The average Bonchev–Trinajstić information content (AvgIpc) is 3.27. The van der Waals surface area contributed by atoms with Gasteiger partial charge in [0.15, 0.2) is 17.2 Å². The zero-order chi connectivity index (χ0) is 22.6. The number of imidazole rings is 1. The summed E-state index contributed by atoms with van der Waals surface area (Å²) >= 11 is 0. The number of cyclic esters (lactones) is 1. The molecule has 0 saturated carbocycles. The smallest absolute Gasteiger partial charge is 0.456 e. The summed E-state index contributed by atoms with van der Waals surface area (Å²) in [6.45, 7) is 2.27. The third-order valence-electron chi connectivity index (χ3n) is 4.52. The van der Waals surface area contributed by atoms with Gasteiger partial charge in [-0.25, -0.2) is 14.7 Å². The third-order valence-corrected chi connectivity index (χ3v) is 4.52. The molecule has 0 unspecified atom stereocenters. The second-order valence-corrected chi connectivity index (χ2v) is 6.77. The van der Waals surface area contributed by atoms with E-state index in [2.05, 4.69) is 4.98 Å². The highest BCUT2D eigenvalue weighted by atomic mass is 19.4. The number of hydrogen-bond acceptors (Lipinski definition) is 6. The zero-order valence-corrected chi connectivity index (χ0v) is 16.6. The van der Waals surface area contributed by atoms with E-state index in [1.54, 1.807) is 6.08 Å². The molecule has 0 aliphatic carbocycles. The van der Waals surface area contributed by atoms with Crippen molar-refractivity contribution in [2.45, 2.75) is 38.8 Å². The van der Waals surface area contributed by atoms with Crippen molar-refractivity contribution in [3.63, 3.8) is 0 Å². The number of hydrogen-bond donors (Lipinski definition) is 0. The Morgan fingerprint density at radius 1 is 1.29 bits per heavy atom. The SMILES string of the molecule is CCC/C=C1/OC(=O)N(CCCCOc2cccn3c(C(=O)C(F)(F)F)cnc23)C1=O. The summed E-state index contributed by atoms with van der Waals surface area (Å²) in [5.74, 6) is -2.21. The molecule has 2 aromatic rings.